The lowest BCUT2D eigenvalue weighted by atomic mass is 9.96. The number of hydrogen-bond donors (Lipinski definition) is 1. The second-order valence-corrected chi connectivity index (χ2v) is 8.24. The smallest absolute Gasteiger partial charge is 0.270 e. The first kappa shape index (κ1) is 18.9. The molecule has 3 heterocycles. The van der Waals surface area contributed by atoms with Gasteiger partial charge in [0, 0.05) is 40.5 Å². The number of amides is 1. The highest BCUT2D eigenvalue weighted by Gasteiger charge is 2.28. The molecule has 1 aliphatic heterocycles. The van der Waals surface area contributed by atoms with Crippen LogP contribution in [-0.2, 0) is 0 Å². The summed E-state index contributed by atoms with van der Waals surface area (Å²) in [6.07, 6.45) is 1.62. The molecule has 1 aliphatic rings. The number of halogens is 1. The molecule has 152 valence electrons. The first-order valence-corrected chi connectivity index (χ1v) is 10.4. The van der Waals surface area contributed by atoms with Crippen LogP contribution >= 0.6 is 11.6 Å². The van der Waals surface area contributed by atoms with Crippen molar-refractivity contribution in [2.75, 3.05) is 13.1 Å². The lowest BCUT2D eigenvalue weighted by Gasteiger charge is -2.30. The first-order valence-electron chi connectivity index (χ1n) is 10.0. The van der Waals surface area contributed by atoms with Crippen molar-refractivity contribution in [2.24, 2.45) is 0 Å². The number of aromatic amines is 1. The molecule has 5 rings (SSSR count). The number of hydrogen-bond acceptors (Lipinski definition) is 4. The van der Waals surface area contributed by atoms with Gasteiger partial charge in [-0.2, -0.15) is 4.98 Å². The van der Waals surface area contributed by atoms with Gasteiger partial charge in [0.25, 0.3) is 11.8 Å². The molecule has 1 saturated heterocycles. The molecular weight excluding hydrogens is 400 g/mol. The number of rotatable bonds is 3. The van der Waals surface area contributed by atoms with Crippen LogP contribution in [0.2, 0.25) is 5.02 Å². The molecule has 1 N–H and O–H groups in total. The van der Waals surface area contributed by atoms with E-state index >= 15 is 0 Å². The molecule has 0 atom stereocenters. The Labute approximate surface area is 178 Å². The van der Waals surface area contributed by atoms with Crippen LogP contribution in [0.25, 0.3) is 22.4 Å². The van der Waals surface area contributed by atoms with Crippen molar-refractivity contribution in [2.45, 2.75) is 25.7 Å². The van der Waals surface area contributed by atoms with Crippen LogP contribution < -0.4 is 0 Å². The number of likely N-dealkylation sites (tertiary alicyclic amines) is 1. The van der Waals surface area contributed by atoms with E-state index in [2.05, 4.69) is 15.1 Å². The SMILES string of the molecule is Cc1ccc(-c2nc(C3CCN(C(=O)c4cc5cc(Cl)ccc5[nH]4)CC3)no2)cc1. The number of aryl methyl sites for hydroxylation is 1. The van der Waals surface area contributed by atoms with E-state index in [0.29, 0.717) is 29.7 Å². The fourth-order valence-electron chi connectivity index (χ4n) is 3.94. The summed E-state index contributed by atoms with van der Waals surface area (Å²) in [6.45, 7) is 3.37. The van der Waals surface area contributed by atoms with E-state index in [1.54, 1.807) is 0 Å². The van der Waals surface area contributed by atoms with Crippen molar-refractivity contribution >= 4 is 28.4 Å². The van der Waals surface area contributed by atoms with Gasteiger partial charge in [-0.15, -0.1) is 0 Å². The molecule has 0 radical (unpaired) electrons. The molecule has 0 saturated carbocycles. The van der Waals surface area contributed by atoms with Crippen LogP contribution in [0.4, 0.5) is 0 Å². The number of nitrogens with one attached hydrogen (secondary N) is 1. The van der Waals surface area contributed by atoms with Crippen molar-refractivity contribution in [1.29, 1.82) is 0 Å². The number of H-pyrrole nitrogens is 1. The molecule has 1 fully saturated rings. The number of aromatic nitrogens is 3. The fourth-order valence-corrected chi connectivity index (χ4v) is 4.12. The summed E-state index contributed by atoms with van der Waals surface area (Å²) in [6, 6.07) is 15.5. The second kappa shape index (κ2) is 7.61. The molecule has 0 spiro atoms. The summed E-state index contributed by atoms with van der Waals surface area (Å²) < 4.78 is 5.47. The molecule has 2 aromatic heterocycles. The van der Waals surface area contributed by atoms with E-state index in [-0.39, 0.29) is 11.8 Å². The topological polar surface area (TPSA) is 75.0 Å². The third-order valence-corrected chi connectivity index (χ3v) is 5.94. The van der Waals surface area contributed by atoms with Gasteiger partial charge in [-0.3, -0.25) is 4.79 Å². The minimum atomic E-state index is 0.00855. The van der Waals surface area contributed by atoms with Crippen LogP contribution in [0, 0.1) is 6.92 Å². The van der Waals surface area contributed by atoms with E-state index in [4.69, 9.17) is 16.1 Å². The van der Waals surface area contributed by atoms with E-state index in [9.17, 15) is 4.79 Å². The Kier molecular flexibility index (Phi) is 4.79. The first-order chi connectivity index (χ1) is 14.6. The normalized spacial score (nSPS) is 15.1. The summed E-state index contributed by atoms with van der Waals surface area (Å²) >= 11 is 6.05. The van der Waals surface area contributed by atoms with Crippen LogP contribution in [-0.4, -0.2) is 39.0 Å². The van der Waals surface area contributed by atoms with E-state index in [1.807, 2.05) is 60.4 Å². The molecule has 0 bridgehead atoms. The molecule has 1 amide bonds. The number of fused-ring (bicyclic) bond motifs is 1. The molecule has 4 aromatic rings. The number of carbonyl (C=O) groups excluding carboxylic acids is 1. The Hall–Kier alpha value is -3.12. The largest absolute Gasteiger partial charge is 0.351 e. The van der Waals surface area contributed by atoms with Crippen molar-refractivity contribution in [3.63, 3.8) is 0 Å². The lowest BCUT2D eigenvalue weighted by molar-refractivity contribution is 0.0705. The average Bonchev–Trinajstić information content (AvgIpc) is 3.41. The van der Waals surface area contributed by atoms with E-state index < -0.39 is 0 Å². The Morgan fingerprint density at radius 1 is 1.13 bits per heavy atom. The monoisotopic (exact) mass is 420 g/mol. The predicted octanol–water partition coefficient (Wildman–Crippen LogP) is 5.20. The van der Waals surface area contributed by atoms with Gasteiger partial charge in [-0.1, -0.05) is 34.5 Å². The van der Waals surface area contributed by atoms with Crippen LogP contribution in [0.3, 0.4) is 0 Å². The maximum absolute atomic E-state index is 12.9. The zero-order valence-corrected chi connectivity index (χ0v) is 17.3. The Balaban J connectivity index is 1.25. The van der Waals surface area contributed by atoms with E-state index in [0.717, 1.165) is 35.1 Å². The van der Waals surface area contributed by atoms with Crippen LogP contribution in [0.5, 0.6) is 0 Å². The standard InChI is InChI=1S/C23H21ClN4O2/c1-14-2-4-16(5-3-14)22-26-21(27-30-22)15-8-10-28(11-9-15)23(29)20-13-17-12-18(24)6-7-19(17)25-20/h2-7,12-13,15,25H,8-11H2,1H3. The average molecular weight is 421 g/mol. The lowest BCUT2D eigenvalue weighted by Crippen LogP contribution is -2.38. The number of carbonyl (C=O) groups is 1. The molecule has 2 aromatic carbocycles. The summed E-state index contributed by atoms with van der Waals surface area (Å²) in [4.78, 5) is 22.6. The highest BCUT2D eigenvalue weighted by molar-refractivity contribution is 6.31. The third-order valence-electron chi connectivity index (χ3n) is 5.70. The van der Waals surface area contributed by atoms with Crippen molar-refractivity contribution < 1.29 is 9.32 Å². The number of piperidine rings is 1. The fraction of sp³-hybridized carbons (Fsp3) is 0.261. The minimum absolute atomic E-state index is 0.00855. The molecule has 30 heavy (non-hydrogen) atoms. The van der Waals surface area contributed by atoms with Crippen LogP contribution in [0.15, 0.2) is 53.1 Å². The number of nitrogens with zero attached hydrogens (tertiary/aromatic N) is 3. The van der Waals surface area contributed by atoms with E-state index in [1.165, 1.54) is 5.56 Å². The minimum Gasteiger partial charge on any atom is -0.351 e. The zero-order valence-electron chi connectivity index (χ0n) is 16.6. The van der Waals surface area contributed by atoms with Crippen molar-refractivity contribution in [3.05, 3.63) is 70.6 Å². The number of benzene rings is 2. The van der Waals surface area contributed by atoms with Gasteiger partial charge in [0.2, 0.25) is 0 Å². The summed E-state index contributed by atoms with van der Waals surface area (Å²) in [5.74, 6) is 1.46. The van der Waals surface area contributed by atoms with Gasteiger partial charge in [0.15, 0.2) is 5.82 Å². The predicted molar refractivity (Wildman–Crippen MR) is 116 cm³/mol. The van der Waals surface area contributed by atoms with Gasteiger partial charge in [0.1, 0.15) is 5.69 Å². The second-order valence-electron chi connectivity index (χ2n) is 7.80. The summed E-state index contributed by atoms with van der Waals surface area (Å²) in [5, 5.41) is 5.80. The Morgan fingerprint density at radius 3 is 2.67 bits per heavy atom. The van der Waals surface area contributed by atoms with Crippen molar-refractivity contribution in [1.82, 2.24) is 20.0 Å². The molecule has 0 aliphatic carbocycles. The summed E-state index contributed by atoms with van der Waals surface area (Å²) in [7, 11) is 0. The summed E-state index contributed by atoms with van der Waals surface area (Å²) in [5.41, 5.74) is 3.61. The maximum Gasteiger partial charge on any atom is 0.270 e. The zero-order chi connectivity index (χ0) is 20.7. The van der Waals surface area contributed by atoms with Crippen molar-refractivity contribution in [3.8, 4) is 11.5 Å². The highest BCUT2D eigenvalue weighted by atomic mass is 35.5. The van der Waals surface area contributed by atoms with Gasteiger partial charge in [-0.05, 0) is 56.2 Å². The van der Waals surface area contributed by atoms with Gasteiger partial charge in [0.05, 0.1) is 0 Å². The molecular formula is C23H21ClN4O2. The molecule has 0 unspecified atom stereocenters. The molecule has 7 heteroatoms. The quantitative estimate of drug-likeness (QED) is 0.494. The highest BCUT2D eigenvalue weighted by Crippen LogP contribution is 2.29. The Bertz CT molecular complexity index is 1200. The van der Waals surface area contributed by atoms with Gasteiger partial charge in [-0.25, -0.2) is 0 Å². The van der Waals surface area contributed by atoms with Gasteiger partial charge < -0.3 is 14.4 Å². The Morgan fingerprint density at radius 2 is 1.90 bits per heavy atom. The molecule has 6 nitrogen and oxygen atoms in total. The third kappa shape index (κ3) is 3.59. The maximum atomic E-state index is 12.9. The van der Waals surface area contributed by atoms with Crippen LogP contribution in [0.1, 0.15) is 40.6 Å². The van der Waals surface area contributed by atoms with Gasteiger partial charge >= 0.3 is 0 Å².